The van der Waals surface area contributed by atoms with Gasteiger partial charge in [0.15, 0.2) is 0 Å². The van der Waals surface area contributed by atoms with Crippen LogP contribution in [0.2, 0.25) is 0 Å². The minimum atomic E-state index is -0.947. The molecule has 2 rings (SSSR count). The minimum Gasteiger partial charge on any atom is -0.492 e. The predicted molar refractivity (Wildman–Crippen MR) is 99.5 cm³/mol. The predicted octanol–water partition coefficient (Wildman–Crippen LogP) is 4.52. The SMILES string of the molecule is CCC(/C=C/C1=CC(C)(C)COc2ccc(C(C)O)cc21)=C\C(=O)O. The molecule has 1 unspecified atom stereocenters. The van der Waals surface area contributed by atoms with Crippen LogP contribution in [0.4, 0.5) is 0 Å². The molecule has 0 fully saturated rings. The number of aliphatic hydroxyl groups excluding tert-OH is 1. The molecular formula is C21H26O4. The molecule has 0 radical (unpaired) electrons. The second kappa shape index (κ2) is 7.70. The summed E-state index contributed by atoms with van der Waals surface area (Å²) in [6.45, 7) is 8.39. The Hall–Kier alpha value is -2.33. The maximum Gasteiger partial charge on any atom is 0.328 e. The lowest BCUT2D eigenvalue weighted by Gasteiger charge is -2.18. The van der Waals surface area contributed by atoms with E-state index in [0.29, 0.717) is 13.0 Å². The van der Waals surface area contributed by atoms with Gasteiger partial charge in [0, 0.05) is 17.1 Å². The van der Waals surface area contributed by atoms with Gasteiger partial charge in [-0.1, -0.05) is 45.1 Å². The first-order valence-electron chi connectivity index (χ1n) is 8.51. The molecular weight excluding hydrogens is 316 g/mol. The summed E-state index contributed by atoms with van der Waals surface area (Å²) in [5, 5.41) is 18.8. The van der Waals surface area contributed by atoms with Crippen LogP contribution in [-0.2, 0) is 4.79 Å². The van der Waals surface area contributed by atoms with Crippen molar-refractivity contribution in [2.24, 2.45) is 5.41 Å². The maximum atomic E-state index is 10.9. The van der Waals surface area contributed by atoms with E-state index >= 15 is 0 Å². The first-order valence-corrected chi connectivity index (χ1v) is 8.51. The molecule has 134 valence electrons. The number of carbonyl (C=O) groups is 1. The second-order valence-electron chi connectivity index (χ2n) is 7.05. The Balaban J connectivity index is 2.51. The molecule has 0 amide bonds. The molecule has 0 spiro atoms. The molecule has 0 aliphatic carbocycles. The monoisotopic (exact) mass is 342 g/mol. The molecule has 1 aliphatic rings. The molecule has 1 aromatic carbocycles. The average molecular weight is 342 g/mol. The van der Waals surface area contributed by atoms with Crippen molar-refractivity contribution in [2.75, 3.05) is 6.61 Å². The van der Waals surface area contributed by atoms with E-state index in [-0.39, 0.29) is 5.41 Å². The topological polar surface area (TPSA) is 66.8 Å². The molecule has 0 bridgehead atoms. The van der Waals surface area contributed by atoms with Crippen LogP contribution in [0.15, 0.2) is 48.1 Å². The fourth-order valence-corrected chi connectivity index (χ4v) is 2.72. The number of allylic oxidation sites excluding steroid dienone is 4. The number of carboxylic acids is 1. The number of benzene rings is 1. The summed E-state index contributed by atoms with van der Waals surface area (Å²) >= 11 is 0. The van der Waals surface area contributed by atoms with Crippen LogP contribution in [0.3, 0.4) is 0 Å². The molecule has 1 aliphatic heterocycles. The van der Waals surface area contributed by atoms with Crippen LogP contribution in [0.25, 0.3) is 5.57 Å². The summed E-state index contributed by atoms with van der Waals surface area (Å²) in [5.41, 5.74) is 3.27. The van der Waals surface area contributed by atoms with Gasteiger partial charge in [0.05, 0.1) is 12.7 Å². The van der Waals surface area contributed by atoms with Gasteiger partial charge in [0.1, 0.15) is 5.75 Å². The highest BCUT2D eigenvalue weighted by molar-refractivity contribution is 5.83. The molecule has 0 saturated heterocycles. The molecule has 1 heterocycles. The lowest BCUT2D eigenvalue weighted by Crippen LogP contribution is -2.17. The van der Waals surface area contributed by atoms with Crippen LogP contribution < -0.4 is 4.74 Å². The van der Waals surface area contributed by atoms with E-state index in [4.69, 9.17) is 9.84 Å². The Labute approximate surface area is 149 Å². The highest BCUT2D eigenvalue weighted by Crippen LogP contribution is 2.37. The zero-order chi connectivity index (χ0) is 18.6. The third-order valence-corrected chi connectivity index (χ3v) is 4.14. The number of aliphatic carboxylic acids is 1. The molecule has 1 atom stereocenters. The normalized spacial score (nSPS) is 18.1. The fraction of sp³-hybridized carbons (Fsp3) is 0.381. The van der Waals surface area contributed by atoms with E-state index in [9.17, 15) is 9.90 Å². The van der Waals surface area contributed by atoms with Gasteiger partial charge in [0.25, 0.3) is 0 Å². The van der Waals surface area contributed by atoms with Crippen molar-refractivity contribution in [2.45, 2.75) is 40.2 Å². The highest BCUT2D eigenvalue weighted by Gasteiger charge is 2.23. The van der Waals surface area contributed by atoms with E-state index in [1.807, 2.05) is 37.3 Å². The van der Waals surface area contributed by atoms with E-state index in [0.717, 1.165) is 28.0 Å². The number of fused-ring (bicyclic) bond motifs is 1. The van der Waals surface area contributed by atoms with Crippen LogP contribution >= 0.6 is 0 Å². The lowest BCUT2D eigenvalue weighted by atomic mass is 9.89. The van der Waals surface area contributed by atoms with Gasteiger partial charge in [-0.25, -0.2) is 4.79 Å². The van der Waals surface area contributed by atoms with Crippen molar-refractivity contribution in [1.29, 1.82) is 0 Å². The number of carboxylic acid groups (broad SMARTS) is 1. The van der Waals surface area contributed by atoms with E-state index < -0.39 is 12.1 Å². The van der Waals surface area contributed by atoms with Crippen molar-refractivity contribution < 1.29 is 19.7 Å². The second-order valence-corrected chi connectivity index (χ2v) is 7.05. The van der Waals surface area contributed by atoms with Crippen LogP contribution in [0.5, 0.6) is 5.75 Å². The molecule has 25 heavy (non-hydrogen) atoms. The first kappa shape index (κ1) is 19.0. The molecule has 4 heteroatoms. The summed E-state index contributed by atoms with van der Waals surface area (Å²) < 4.78 is 5.95. The fourth-order valence-electron chi connectivity index (χ4n) is 2.72. The highest BCUT2D eigenvalue weighted by atomic mass is 16.5. The van der Waals surface area contributed by atoms with Crippen molar-refractivity contribution in [3.8, 4) is 5.75 Å². The van der Waals surface area contributed by atoms with Crippen molar-refractivity contribution >= 4 is 11.5 Å². The zero-order valence-electron chi connectivity index (χ0n) is 15.2. The molecule has 0 saturated carbocycles. The van der Waals surface area contributed by atoms with Crippen molar-refractivity contribution in [3.05, 3.63) is 59.2 Å². The summed E-state index contributed by atoms with van der Waals surface area (Å²) in [6.07, 6.45) is 7.19. The summed E-state index contributed by atoms with van der Waals surface area (Å²) in [4.78, 5) is 10.9. The number of ether oxygens (including phenoxy) is 1. The largest absolute Gasteiger partial charge is 0.492 e. The van der Waals surface area contributed by atoms with Gasteiger partial charge in [-0.2, -0.15) is 0 Å². The molecule has 4 nitrogen and oxygen atoms in total. The maximum absolute atomic E-state index is 10.9. The smallest absolute Gasteiger partial charge is 0.328 e. The standard InChI is InChI=1S/C21H26O4/c1-5-15(10-20(23)24)6-7-17-12-21(3,4)13-25-19-9-8-16(14(2)22)11-18(17)19/h6-12,14,22H,5,13H2,1-4H3,(H,23,24)/b7-6+,15-10+. The summed E-state index contributed by atoms with van der Waals surface area (Å²) in [5.74, 6) is -0.178. The average Bonchev–Trinajstić information content (AvgIpc) is 2.67. The van der Waals surface area contributed by atoms with Crippen molar-refractivity contribution in [3.63, 3.8) is 0 Å². The van der Waals surface area contributed by atoms with E-state index in [2.05, 4.69) is 19.9 Å². The first-order chi connectivity index (χ1) is 11.7. The Morgan fingerprint density at radius 2 is 2.12 bits per heavy atom. The van der Waals surface area contributed by atoms with Crippen LogP contribution in [0, 0.1) is 5.41 Å². The van der Waals surface area contributed by atoms with Crippen molar-refractivity contribution in [1.82, 2.24) is 0 Å². The van der Waals surface area contributed by atoms with Gasteiger partial charge in [-0.05, 0) is 42.2 Å². The third-order valence-electron chi connectivity index (χ3n) is 4.14. The number of hydrogen-bond acceptors (Lipinski definition) is 3. The summed E-state index contributed by atoms with van der Waals surface area (Å²) in [7, 11) is 0. The Kier molecular flexibility index (Phi) is 5.85. The van der Waals surface area contributed by atoms with E-state index in [1.54, 1.807) is 6.92 Å². The quantitative estimate of drug-likeness (QED) is 0.610. The Morgan fingerprint density at radius 1 is 1.40 bits per heavy atom. The van der Waals surface area contributed by atoms with Gasteiger partial charge in [-0.3, -0.25) is 0 Å². The van der Waals surface area contributed by atoms with Gasteiger partial charge >= 0.3 is 5.97 Å². The number of rotatable bonds is 5. The van der Waals surface area contributed by atoms with Gasteiger partial charge < -0.3 is 14.9 Å². The third kappa shape index (κ3) is 5.07. The van der Waals surface area contributed by atoms with E-state index in [1.165, 1.54) is 6.08 Å². The Bertz CT molecular complexity index is 736. The number of aliphatic hydroxyl groups is 1. The molecule has 2 N–H and O–H groups in total. The van der Waals surface area contributed by atoms with Gasteiger partial charge in [-0.15, -0.1) is 0 Å². The zero-order valence-corrected chi connectivity index (χ0v) is 15.2. The lowest BCUT2D eigenvalue weighted by molar-refractivity contribution is -0.131. The van der Waals surface area contributed by atoms with Crippen LogP contribution in [0.1, 0.15) is 51.3 Å². The van der Waals surface area contributed by atoms with Crippen LogP contribution in [-0.4, -0.2) is 22.8 Å². The number of hydrogen-bond donors (Lipinski definition) is 2. The Morgan fingerprint density at radius 3 is 2.72 bits per heavy atom. The molecule has 0 aromatic heterocycles. The molecule has 1 aromatic rings. The van der Waals surface area contributed by atoms with Gasteiger partial charge in [0.2, 0.25) is 0 Å². The minimum absolute atomic E-state index is 0.160. The summed E-state index contributed by atoms with van der Waals surface area (Å²) in [6, 6.07) is 5.68.